The van der Waals surface area contributed by atoms with Crippen LogP contribution in [0.25, 0.3) is 0 Å². The summed E-state index contributed by atoms with van der Waals surface area (Å²) >= 11 is 0. The van der Waals surface area contributed by atoms with Crippen LogP contribution in [0.4, 0.5) is 10.5 Å². The van der Waals surface area contributed by atoms with Crippen molar-refractivity contribution in [1.29, 1.82) is 0 Å². The molecule has 0 unspecified atom stereocenters. The highest BCUT2D eigenvalue weighted by atomic mass is 16.6. The molecule has 1 amide bonds. The third kappa shape index (κ3) is 2.91. The van der Waals surface area contributed by atoms with Gasteiger partial charge in [0.25, 0.3) is 0 Å². The number of nitrogens with one attached hydrogen (secondary N) is 2. The van der Waals surface area contributed by atoms with Crippen LogP contribution >= 0.6 is 0 Å². The van der Waals surface area contributed by atoms with Gasteiger partial charge in [0.1, 0.15) is 5.75 Å². The van der Waals surface area contributed by atoms with Crippen LogP contribution in [0.15, 0.2) is 48.5 Å². The summed E-state index contributed by atoms with van der Waals surface area (Å²) in [5, 5.41) is 6.01. The van der Waals surface area contributed by atoms with Gasteiger partial charge in [-0.1, -0.05) is 30.3 Å². The second kappa shape index (κ2) is 5.65. The summed E-state index contributed by atoms with van der Waals surface area (Å²) in [5.74, 6) is 0.581. The molecule has 0 aromatic heterocycles. The zero-order valence-corrected chi connectivity index (χ0v) is 11.1. The van der Waals surface area contributed by atoms with Crippen molar-refractivity contribution in [3.8, 4) is 5.75 Å². The highest BCUT2D eigenvalue weighted by molar-refractivity contribution is 5.71. The third-order valence-electron chi connectivity index (χ3n) is 3.28. The molecule has 0 fully saturated rings. The van der Waals surface area contributed by atoms with Gasteiger partial charge in [-0.25, -0.2) is 4.79 Å². The minimum Gasteiger partial charge on any atom is -0.410 e. The Kier molecular flexibility index (Phi) is 3.54. The SMILES string of the molecule is O=C(NCc1ccccc1)Oc1ccc2c(c1)CCN2. The molecule has 4 nitrogen and oxygen atoms in total. The summed E-state index contributed by atoms with van der Waals surface area (Å²) < 4.78 is 5.28. The lowest BCUT2D eigenvalue weighted by Gasteiger charge is -2.08. The van der Waals surface area contributed by atoms with Crippen LogP contribution in [-0.4, -0.2) is 12.6 Å². The highest BCUT2D eigenvalue weighted by Gasteiger charge is 2.12. The van der Waals surface area contributed by atoms with Crippen LogP contribution < -0.4 is 15.4 Å². The molecule has 0 saturated carbocycles. The van der Waals surface area contributed by atoms with Gasteiger partial charge < -0.3 is 15.4 Å². The van der Waals surface area contributed by atoms with E-state index in [2.05, 4.69) is 10.6 Å². The minimum absolute atomic E-state index is 0.431. The summed E-state index contributed by atoms with van der Waals surface area (Å²) in [6.07, 6.45) is 0.540. The van der Waals surface area contributed by atoms with Gasteiger partial charge in [0.2, 0.25) is 0 Å². The normalized spacial score (nSPS) is 12.4. The average Bonchev–Trinajstić information content (AvgIpc) is 2.94. The van der Waals surface area contributed by atoms with E-state index in [0.29, 0.717) is 12.3 Å². The molecule has 1 aliphatic rings. The number of benzene rings is 2. The van der Waals surface area contributed by atoms with Crippen LogP contribution in [-0.2, 0) is 13.0 Å². The van der Waals surface area contributed by atoms with Crippen molar-refractivity contribution in [2.45, 2.75) is 13.0 Å². The number of ether oxygens (including phenoxy) is 1. The fraction of sp³-hybridized carbons (Fsp3) is 0.188. The summed E-state index contributed by atoms with van der Waals surface area (Å²) in [4.78, 5) is 11.7. The molecular weight excluding hydrogens is 252 g/mol. The number of carbonyl (C=O) groups excluding carboxylic acids is 1. The number of hydrogen-bond donors (Lipinski definition) is 2. The number of rotatable bonds is 3. The number of amides is 1. The molecule has 4 heteroatoms. The molecule has 0 bridgehead atoms. The molecule has 1 aliphatic heterocycles. The van der Waals surface area contributed by atoms with Crippen molar-refractivity contribution in [2.24, 2.45) is 0 Å². The van der Waals surface area contributed by atoms with Gasteiger partial charge in [-0.3, -0.25) is 0 Å². The minimum atomic E-state index is -0.431. The Morgan fingerprint density at radius 3 is 2.90 bits per heavy atom. The molecule has 0 radical (unpaired) electrons. The number of hydrogen-bond acceptors (Lipinski definition) is 3. The number of anilines is 1. The van der Waals surface area contributed by atoms with Crippen LogP contribution in [0.5, 0.6) is 5.75 Å². The van der Waals surface area contributed by atoms with Gasteiger partial charge in [-0.05, 0) is 35.7 Å². The molecule has 0 atom stereocenters. The number of fused-ring (bicyclic) bond motifs is 1. The summed E-state index contributed by atoms with van der Waals surface area (Å²) in [7, 11) is 0. The van der Waals surface area contributed by atoms with Crippen LogP contribution in [0.2, 0.25) is 0 Å². The molecule has 0 spiro atoms. The standard InChI is InChI=1S/C16H16N2O2/c19-16(18-11-12-4-2-1-3-5-12)20-14-6-7-15-13(10-14)8-9-17-15/h1-7,10,17H,8-9,11H2,(H,18,19). The Bertz CT molecular complexity index is 611. The molecule has 3 rings (SSSR count). The first-order chi connectivity index (χ1) is 9.81. The van der Waals surface area contributed by atoms with Crippen LogP contribution in [0.3, 0.4) is 0 Å². The van der Waals surface area contributed by atoms with Gasteiger partial charge in [-0.15, -0.1) is 0 Å². The third-order valence-corrected chi connectivity index (χ3v) is 3.28. The maximum atomic E-state index is 11.7. The van der Waals surface area contributed by atoms with E-state index in [1.165, 1.54) is 5.56 Å². The zero-order valence-electron chi connectivity index (χ0n) is 11.1. The molecule has 2 aromatic rings. The van der Waals surface area contributed by atoms with Gasteiger partial charge >= 0.3 is 6.09 Å². The quantitative estimate of drug-likeness (QED) is 0.899. The van der Waals surface area contributed by atoms with Gasteiger partial charge in [0.05, 0.1) is 0 Å². The summed E-state index contributed by atoms with van der Waals surface area (Å²) in [6.45, 7) is 1.41. The molecule has 0 saturated heterocycles. The zero-order chi connectivity index (χ0) is 13.8. The lowest BCUT2D eigenvalue weighted by Crippen LogP contribution is -2.26. The molecular formula is C16H16N2O2. The smallest absolute Gasteiger partial charge is 0.410 e. The highest BCUT2D eigenvalue weighted by Crippen LogP contribution is 2.26. The monoisotopic (exact) mass is 268 g/mol. The predicted molar refractivity (Wildman–Crippen MR) is 77.9 cm³/mol. The first-order valence-electron chi connectivity index (χ1n) is 6.68. The molecule has 102 valence electrons. The van der Waals surface area contributed by atoms with Crippen molar-refractivity contribution in [1.82, 2.24) is 5.32 Å². The Balaban J connectivity index is 1.56. The summed E-state index contributed by atoms with van der Waals surface area (Å²) in [6, 6.07) is 15.4. The van der Waals surface area contributed by atoms with E-state index >= 15 is 0 Å². The lowest BCUT2D eigenvalue weighted by atomic mass is 10.1. The van der Waals surface area contributed by atoms with E-state index < -0.39 is 6.09 Å². The van der Waals surface area contributed by atoms with E-state index in [4.69, 9.17) is 4.74 Å². The van der Waals surface area contributed by atoms with Crippen molar-refractivity contribution >= 4 is 11.8 Å². The van der Waals surface area contributed by atoms with Crippen LogP contribution in [0.1, 0.15) is 11.1 Å². The van der Waals surface area contributed by atoms with E-state index in [0.717, 1.165) is 24.2 Å². The Labute approximate surface area is 117 Å². The Morgan fingerprint density at radius 2 is 2.05 bits per heavy atom. The largest absolute Gasteiger partial charge is 0.412 e. The topological polar surface area (TPSA) is 50.4 Å². The predicted octanol–water partition coefficient (Wildman–Crippen LogP) is 2.94. The van der Waals surface area contributed by atoms with Gasteiger partial charge in [0.15, 0.2) is 0 Å². The van der Waals surface area contributed by atoms with Gasteiger partial charge in [0, 0.05) is 18.8 Å². The fourth-order valence-corrected chi connectivity index (χ4v) is 2.26. The van der Waals surface area contributed by atoms with E-state index in [9.17, 15) is 4.79 Å². The van der Waals surface area contributed by atoms with E-state index in [1.54, 1.807) is 6.07 Å². The van der Waals surface area contributed by atoms with Gasteiger partial charge in [-0.2, -0.15) is 0 Å². The maximum absolute atomic E-state index is 11.7. The van der Waals surface area contributed by atoms with Crippen molar-refractivity contribution < 1.29 is 9.53 Å². The number of carbonyl (C=O) groups is 1. The molecule has 0 aliphatic carbocycles. The first kappa shape index (κ1) is 12.5. The second-order valence-electron chi connectivity index (χ2n) is 4.72. The van der Waals surface area contributed by atoms with Crippen molar-refractivity contribution in [3.05, 3.63) is 59.7 Å². The fourth-order valence-electron chi connectivity index (χ4n) is 2.26. The molecule has 2 N–H and O–H groups in total. The van der Waals surface area contributed by atoms with Crippen LogP contribution in [0, 0.1) is 0 Å². The Morgan fingerprint density at radius 1 is 1.20 bits per heavy atom. The first-order valence-corrected chi connectivity index (χ1v) is 6.68. The van der Waals surface area contributed by atoms with Crippen molar-refractivity contribution in [2.75, 3.05) is 11.9 Å². The second-order valence-corrected chi connectivity index (χ2v) is 4.72. The van der Waals surface area contributed by atoms with E-state index in [1.807, 2.05) is 42.5 Å². The average molecular weight is 268 g/mol. The lowest BCUT2D eigenvalue weighted by molar-refractivity contribution is 0.200. The molecule has 20 heavy (non-hydrogen) atoms. The summed E-state index contributed by atoms with van der Waals surface area (Å²) in [5.41, 5.74) is 3.36. The van der Waals surface area contributed by atoms with E-state index in [-0.39, 0.29) is 0 Å². The Hall–Kier alpha value is -2.49. The maximum Gasteiger partial charge on any atom is 0.412 e. The molecule has 1 heterocycles. The van der Waals surface area contributed by atoms with Crippen molar-refractivity contribution in [3.63, 3.8) is 0 Å². The molecule has 2 aromatic carbocycles.